The van der Waals surface area contributed by atoms with Crippen LogP contribution in [0, 0.1) is 18.8 Å². The lowest BCUT2D eigenvalue weighted by Crippen LogP contribution is -2.44. The van der Waals surface area contributed by atoms with Crippen LogP contribution in [0.4, 0.5) is 4.39 Å². The summed E-state index contributed by atoms with van der Waals surface area (Å²) in [4.78, 5) is 16.7. The first-order valence-electron chi connectivity index (χ1n) is 10.7. The summed E-state index contributed by atoms with van der Waals surface area (Å²) in [5, 5.41) is -0.0237. The van der Waals surface area contributed by atoms with E-state index in [-0.39, 0.29) is 28.3 Å². The summed E-state index contributed by atoms with van der Waals surface area (Å²) in [6, 6.07) is 4.97. The number of fused-ring (bicyclic) bond motifs is 1. The first-order chi connectivity index (χ1) is 15.6. The Morgan fingerprint density at radius 2 is 2.03 bits per heavy atom. The second-order valence-electron chi connectivity index (χ2n) is 8.30. The van der Waals surface area contributed by atoms with Crippen LogP contribution in [0.15, 0.2) is 52.1 Å². The molecule has 0 saturated carbocycles. The Labute approximate surface area is 192 Å². The van der Waals surface area contributed by atoms with Gasteiger partial charge in [-0.05, 0) is 29.7 Å². The number of halogens is 1. The van der Waals surface area contributed by atoms with E-state index in [9.17, 15) is 13.2 Å². The van der Waals surface area contributed by atoms with Crippen molar-refractivity contribution in [2.75, 3.05) is 5.75 Å². The highest BCUT2D eigenvalue weighted by atomic mass is 32.2. The average Bonchev–Trinajstić information content (AvgIpc) is 3.28. The Morgan fingerprint density at radius 1 is 1.27 bits per heavy atom. The normalized spacial score (nSPS) is 17.7. The van der Waals surface area contributed by atoms with Gasteiger partial charge in [0.25, 0.3) is 5.56 Å². The molecule has 0 bridgehead atoms. The van der Waals surface area contributed by atoms with Crippen molar-refractivity contribution in [3.63, 3.8) is 0 Å². The predicted octanol–water partition coefficient (Wildman–Crippen LogP) is 2.59. The quantitative estimate of drug-likeness (QED) is 0.653. The third-order valence-electron chi connectivity index (χ3n) is 5.81. The van der Waals surface area contributed by atoms with Crippen LogP contribution < -0.4 is 20.9 Å². The third-order valence-corrected chi connectivity index (χ3v) is 7.74. The molecule has 1 unspecified atom stereocenters. The molecule has 6 nitrogen and oxygen atoms in total. The van der Waals surface area contributed by atoms with E-state index in [0.717, 1.165) is 0 Å². The number of allylic oxidation sites excluding steroid dienone is 2. The van der Waals surface area contributed by atoms with Crippen molar-refractivity contribution in [1.82, 2.24) is 4.57 Å². The second kappa shape index (κ2) is 8.74. The summed E-state index contributed by atoms with van der Waals surface area (Å²) in [6.07, 6.45) is 8.00. The van der Waals surface area contributed by atoms with E-state index in [1.807, 2.05) is 13.8 Å². The van der Waals surface area contributed by atoms with E-state index in [2.05, 4.69) is 4.99 Å². The first kappa shape index (κ1) is 23.2. The van der Waals surface area contributed by atoms with Crippen molar-refractivity contribution in [3.05, 3.63) is 93.1 Å². The number of benzene rings is 1. The zero-order valence-corrected chi connectivity index (χ0v) is 19.7. The molecule has 172 valence electrons. The highest BCUT2D eigenvalue weighted by Gasteiger charge is 2.30. The number of pyridine rings is 1. The fourth-order valence-corrected chi connectivity index (χ4v) is 4.94. The third kappa shape index (κ3) is 4.19. The van der Waals surface area contributed by atoms with Crippen LogP contribution in [0.2, 0.25) is 0 Å². The number of sulfone groups is 1. The lowest BCUT2D eigenvalue weighted by Gasteiger charge is -2.23. The summed E-state index contributed by atoms with van der Waals surface area (Å²) in [5.41, 5.74) is 1.30. The summed E-state index contributed by atoms with van der Waals surface area (Å²) >= 11 is 0. The van der Waals surface area contributed by atoms with Gasteiger partial charge < -0.3 is 9.30 Å². The monoisotopic (exact) mass is 468 g/mol. The Balaban J connectivity index is 1.91. The second-order valence-corrected chi connectivity index (χ2v) is 10.7. The van der Waals surface area contributed by atoms with Crippen LogP contribution in [-0.2, 0) is 16.9 Å². The van der Waals surface area contributed by atoms with Crippen molar-refractivity contribution < 1.29 is 17.5 Å². The predicted molar refractivity (Wildman–Crippen MR) is 126 cm³/mol. The lowest BCUT2D eigenvalue weighted by molar-refractivity contribution is 0.408. The van der Waals surface area contributed by atoms with Gasteiger partial charge in [-0.1, -0.05) is 39.0 Å². The molecule has 8 heteroatoms. The van der Waals surface area contributed by atoms with Crippen LogP contribution in [-0.4, -0.2) is 24.0 Å². The maximum absolute atomic E-state index is 15.1. The molecule has 2 radical (unpaired) electrons. The number of ether oxygens (including phenoxy) is 1. The summed E-state index contributed by atoms with van der Waals surface area (Å²) < 4.78 is 47.8. The number of hydrogen-bond donors (Lipinski definition) is 0. The number of aromatic nitrogens is 1. The molecule has 0 spiro atoms. The average molecular weight is 469 g/mol. The van der Waals surface area contributed by atoms with Gasteiger partial charge in [0.2, 0.25) is 0 Å². The van der Waals surface area contributed by atoms with Gasteiger partial charge in [0.05, 0.1) is 11.8 Å². The Hall–Kier alpha value is -3.00. The number of aryl methyl sites for hydroxylation is 1. The number of hydrogen-bond acceptors (Lipinski definition) is 5. The maximum atomic E-state index is 15.1. The summed E-state index contributed by atoms with van der Waals surface area (Å²) in [5.74, 6) is -0.193. The van der Waals surface area contributed by atoms with Gasteiger partial charge in [-0.25, -0.2) is 12.8 Å². The Kier molecular flexibility index (Phi) is 6.14. The maximum Gasteiger partial charge on any atom is 0.276 e. The summed E-state index contributed by atoms with van der Waals surface area (Å²) in [7, 11) is -1.83. The molecule has 1 aromatic heterocycles. The molecule has 0 N–H and O–H groups in total. The van der Waals surface area contributed by atoms with Gasteiger partial charge >= 0.3 is 0 Å². The zero-order valence-electron chi connectivity index (χ0n) is 18.9. The van der Waals surface area contributed by atoms with Crippen molar-refractivity contribution in [2.24, 2.45) is 12.0 Å². The smallest absolute Gasteiger partial charge is 0.276 e. The van der Waals surface area contributed by atoms with Gasteiger partial charge in [-0.3, -0.25) is 9.79 Å². The molecular weight excluding hydrogens is 443 g/mol. The molecule has 1 aliphatic carbocycles. The molecule has 0 fully saturated rings. The molecule has 0 saturated heterocycles. The van der Waals surface area contributed by atoms with Crippen molar-refractivity contribution >= 4 is 21.5 Å². The van der Waals surface area contributed by atoms with Crippen LogP contribution in [0.5, 0.6) is 5.75 Å². The SMILES string of the molecule is CCS(=O)(=O)C1[CH]C(c2cn(C)c(=O)c3c2=C[CH]N=3)=C(Oc2cccc(C(C)C)c2F)C=C1. The molecule has 2 aliphatic rings. The fraction of sp³-hybridized carbons (Fsp3) is 0.280. The molecule has 0 amide bonds. The van der Waals surface area contributed by atoms with E-state index in [0.29, 0.717) is 27.7 Å². The van der Waals surface area contributed by atoms with Crippen LogP contribution in [0.3, 0.4) is 0 Å². The van der Waals surface area contributed by atoms with Crippen molar-refractivity contribution in [3.8, 4) is 5.75 Å². The fourth-order valence-electron chi connectivity index (χ4n) is 3.90. The molecule has 1 aromatic carbocycles. The van der Waals surface area contributed by atoms with Gasteiger partial charge in [0.15, 0.2) is 21.4 Å². The molecular formula is C25H25FN2O4S. The standard InChI is InChI=1S/C25H25FN2O4S/c1-5-33(30,31)16-9-10-21(32-22-8-6-7-17(15(2)3)23(22)26)19(13-16)20-14-28(4)25(29)24-18(20)11-12-27-24/h6-16H,5H2,1-4H3. The molecule has 4 rings (SSSR count). The van der Waals surface area contributed by atoms with Crippen LogP contribution in [0.1, 0.15) is 37.8 Å². The number of nitrogens with zero attached hydrogens (tertiary/aromatic N) is 2. The highest BCUT2D eigenvalue weighted by Crippen LogP contribution is 2.33. The molecule has 2 aromatic rings. The molecule has 33 heavy (non-hydrogen) atoms. The Morgan fingerprint density at radius 3 is 2.73 bits per heavy atom. The zero-order chi connectivity index (χ0) is 23.9. The Bertz CT molecular complexity index is 1470. The first-order valence-corrected chi connectivity index (χ1v) is 12.4. The van der Waals surface area contributed by atoms with Crippen LogP contribution in [0.25, 0.3) is 11.6 Å². The van der Waals surface area contributed by atoms with Gasteiger partial charge in [-0.2, -0.15) is 0 Å². The van der Waals surface area contributed by atoms with Crippen LogP contribution >= 0.6 is 0 Å². The topological polar surface area (TPSA) is 77.7 Å². The van der Waals surface area contributed by atoms with E-state index in [4.69, 9.17) is 4.74 Å². The van der Waals surface area contributed by atoms with Gasteiger partial charge in [-0.15, -0.1) is 0 Å². The molecule has 1 atom stereocenters. The summed E-state index contributed by atoms with van der Waals surface area (Å²) in [6.45, 7) is 6.90. The molecule has 1 aliphatic heterocycles. The number of rotatable bonds is 6. The largest absolute Gasteiger partial charge is 0.454 e. The van der Waals surface area contributed by atoms with Gasteiger partial charge in [0, 0.05) is 41.8 Å². The van der Waals surface area contributed by atoms with Gasteiger partial charge in [0.1, 0.15) is 11.1 Å². The minimum atomic E-state index is -3.43. The van der Waals surface area contributed by atoms with Crippen molar-refractivity contribution in [1.29, 1.82) is 0 Å². The minimum absolute atomic E-state index is 0.0341. The highest BCUT2D eigenvalue weighted by molar-refractivity contribution is 7.92. The van der Waals surface area contributed by atoms with Crippen molar-refractivity contribution in [2.45, 2.75) is 31.9 Å². The van der Waals surface area contributed by atoms with E-state index >= 15 is 4.39 Å². The van der Waals surface area contributed by atoms with E-state index in [1.165, 1.54) is 23.3 Å². The molecule has 2 heterocycles. The lowest BCUT2D eigenvalue weighted by atomic mass is 9.95. The van der Waals surface area contributed by atoms with E-state index < -0.39 is 20.9 Å². The van der Waals surface area contributed by atoms with E-state index in [1.54, 1.807) is 50.9 Å². The minimum Gasteiger partial charge on any atom is -0.454 e.